The van der Waals surface area contributed by atoms with Gasteiger partial charge in [-0.05, 0) is 12.1 Å². The van der Waals surface area contributed by atoms with Gasteiger partial charge < -0.3 is 14.8 Å². The molecular formula is C11H9NO4. The van der Waals surface area contributed by atoms with E-state index in [1.54, 1.807) is 18.2 Å². The molecule has 82 valence electrons. The topological polar surface area (TPSA) is 79.4 Å². The molecule has 2 N–H and O–H groups in total. The van der Waals surface area contributed by atoms with Crippen LogP contribution in [0.3, 0.4) is 0 Å². The number of aromatic nitrogens is 1. The monoisotopic (exact) mass is 219 g/mol. The van der Waals surface area contributed by atoms with Crippen LogP contribution in [0.15, 0.2) is 24.4 Å². The molecule has 2 rings (SSSR count). The van der Waals surface area contributed by atoms with Crippen LogP contribution >= 0.6 is 0 Å². The smallest absolute Gasteiger partial charge is 0.377 e. The number of fused-ring (bicyclic) bond motifs is 1. The molecule has 0 radical (unpaired) electrons. The number of hydrogen-bond acceptors (Lipinski definition) is 3. The minimum Gasteiger partial charge on any atom is -0.496 e. The van der Waals surface area contributed by atoms with Crippen LogP contribution in [-0.4, -0.2) is 29.0 Å². The average molecular weight is 219 g/mol. The Morgan fingerprint density at radius 3 is 2.75 bits per heavy atom. The Morgan fingerprint density at radius 1 is 1.38 bits per heavy atom. The maximum absolute atomic E-state index is 11.4. The van der Waals surface area contributed by atoms with E-state index in [-0.39, 0.29) is 5.56 Å². The molecule has 1 aromatic carbocycles. The fourth-order valence-corrected chi connectivity index (χ4v) is 1.62. The van der Waals surface area contributed by atoms with Crippen LogP contribution in [-0.2, 0) is 4.79 Å². The molecule has 0 aliphatic rings. The number of nitrogens with one attached hydrogen (secondary N) is 1. The molecule has 0 bridgehead atoms. The van der Waals surface area contributed by atoms with Gasteiger partial charge in [-0.3, -0.25) is 4.79 Å². The van der Waals surface area contributed by atoms with Crippen LogP contribution in [0.4, 0.5) is 0 Å². The predicted octanol–water partition coefficient (Wildman–Crippen LogP) is 1.44. The zero-order chi connectivity index (χ0) is 11.7. The largest absolute Gasteiger partial charge is 0.496 e. The first-order valence-corrected chi connectivity index (χ1v) is 4.57. The van der Waals surface area contributed by atoms with Gasteiger partial charge in [-0.15, -0.1) is 0 Å². The molecular weight excluding hydrogens is 210 g/mol. The summed E-state index contributed by atoms with van der Waals surface area (Å²) in [5.41, 5.74) is 0.781. The van der Waals surface area contributed by atoms with E-state index in [2.05, 4.69) is 4.98 Å². The van der Waals surface area contributed by atoms with Gasteiger partial charge in [0.15, 0.2) is 0 Å². The third-order valence-corrected chi connectivity index (χ3v) is 2.33. The van der Waals surface area contributed by atoms with Gasteiger partial charge >= 0.3 is 5.97 Å². The third kappa shape index (κ3) is 1.42. The highest BCUT2D eigenvalue weighted by Gasteiger charge is 2.20. The summed E-state index contributed by atoms with van der Waals surface area (Å²) in [6, 6.07) is 5.18. The molecule has 5 nitrogen and oxygen atoms in total. The van der Waals surface area contributed by atoms with Gasteiger partial charge in [0.1, 0.15) is 5.75 Å². The number of ether oxygens (including phenoxy) is 1. The molecule has 1 aromatic heterocycles. The molecule has 0 saturated carbocycles. The maximum atomic E-state index is 11.4. The Labute approximate surface area is 90.6 Å². The summed E-state index contributed by atoms with van der Waals surface area (Å²) < 4.78 is 5.09. The SMILES string of the molecule is COc1cccc2[nH]cc(C(=O)C(=O)O)c12. The van der Waals surface area contributed by atoms with Crippen molar-refractivity contribution in [1.82, 2.24) is 4.98 Å². The summed E-state index contributed by atoms with van der Waals surface area (Å²) in [5.74, 6) is -1.95. The molecule has 0 aliphatic heterocycles. The molecule has 0 unspecified atom stereocenters. The average Bonchev–Trinajstić information content (AvgIpc) is 2.71. The number of methoxy groups -OCH3 is 1. The molecule has 5 heteroatoms. The lowest BCUT2D eigenvalue weighted by molar-refractivity contribution is -0.131. The van der Waals surface area contributed by atoms with Crippen molar-refractivity contribution >= 4 is 22.7 Å². The summed E-state index contributed by atoms with van der Waals surface area (Å²) in [6.07, 6.45) is 1.38. The first-order valence-electron chi connectivity index (χ1n) is 4.57. The van der Waals surface area contributed by atoms with Crippen LogP contribution in [0.1, 0.15) is 10.4 Å². The number of Topliss-reactive ketones (excluding diaryl/α,β-unsaturated/α-hetero) is 1. The van der Waals surface area contributed by atoms with E-state index in [9.17, 15) is 9.59 Å². The second kappa shape index (κ2) is 3.69. The number of hydrogen-bond donors (Lipinski definition) is 2. The van der Waals surface area contributed by atoms with E-state index in [1.165, 1.54) is 13.3 Å². The van der Waals surface area contributed by atoms with Crippen LogP contribution in [0.2, 0.25) is 0 Å². The number of H-pyrrole nitrogens is 1. The van der Waals surface area contributed by atoms with Crippen molar-refractivity contribution in [2.75, 3.05) is 7.11 Å². The lowest BCUT2D eigenvalue weighted by Crippen LogP contribution is -2.12. The van der Waals surface area contributed by atoms with Crippen molar-refractivity contribution in [3.05, 3.63) is 30.0 Å². The number of benzene rings is 1. The van der Waals surface area contributed by atoms with Crippen molar-refractivity contribution in [2.24, 2.45) is 0 Å². The summed E-state index contributed by atoms with van der Waals surface area (Å²) in [5, 5.41) is 9.17. The quantitative estimate of drug-likeness (QED) is 0.604. The second-order valence-electron chi connectivity index (χ2n) is 3.22. The number of aromatic amines is 1. The number of carboxylic acids is 1. The summed E-state index contributed by atoms with van der Waals surface area (Å²) >= 11 is 0. The standard InChI is InChI=1S/C11H9NO4/c1-16-8-4-2-3-7-9(8)6(5-12-7)10(13)11(14)15/h2-5,12H,1H3,(H,14,15). The Bertz CT molecular complexity index is 570. The number of carboxylic acid groups (broad SMARTS) is 1. The number of rotatable bonds is 3. The lowest BCUT2D eigenvalue weighted by atomic mass is 10.1. The van der Waals surface area contributed by atoms with E-state index in [0.717, 1.165) is 0 Å². The molecule has 0 atom stereocenters. The predicted molar refractivity (Wildman–Crippen MR) is 56.8 cm³/mol. The number of carbonyl (C=O) groups excluding carboxylic acids is 1. The number of ketones is 1. The minimum absolute atomic E-state index is 0.111. The van der Waals surface area contributed by atoms with E-state index in [1.807, 2.05) is 0 Å². The van der Waals surface area contributed by atoms with E-state index in [4.69, 9.17) is 9.84 Å². The van der Waals surface area contributed by atoms with Crippen molar-refractivity contribution in [3.8, 4) is 5.75 Å². The highest BCUT2D eigenvalue weighted by Crippen LogP contribution is 2.28. The van der Waals surface area contributed by atoms with Crippen LogP contribution in [0.5, 0.6) is 5.75 Å². The third-order valence-electron chi connectivity index (χ3n) is 2.33. The highest BCUT2D eigenvalue weighted by molar-refractivity contribution is 6.42. The van der Waals surface area contributed by atoms with E-state index >= 15 is 0 Å². The van der Waals surface area contributed by atoms with Crippen LogP contribution in [0.25, 0.3) is 10.9 Å². The number of carbonyl (C=O) groups is 2. The number of aliphatic carboxylic acids is 1. The zero-order valence-corrected chi connectivity index (χ0v) is 8.48. The Morgan fingerprint density at radius 2 is 2.12 bits per heavy atom. The normalized spacial score (nSPS) is 10.3. The Balaban J connectivity index is 2.72. The van der Waals surface area contributed by atoms with E-state index < -0.39 is 11.8 Å². The van der Waals surface area contributed by atoms with Crippen LogP contribution < -0.4 is 4.74 Å². The van der Waals surface area contributed by atoms with Gasteiger partial charge in [-0.2, -0.15) is 0 Å². The second-order valence-corrected chi connectivity index (χ2v) is 3.22. The lowest BCUT2D eigenvalue weighted by Gasteiger charge is -2.02. The molecule has 16 heavy (non-hydrogen) atoms. The fraction of sp³-hybridized carbons (Fsp3) is 0.0909. The Kier molecular flexibility index (Phi) is 2.36. The van der Waals surface area contributed by atoms with Gasteiger partial charge in [-0.25, -0.2) is 4.79 Å². The highest BCUT2D eigenvalue weighted by atomic mass is 16.5. The van der Waals surface area contributed by atoms with Gasteiger partial charge in [-0.1, -0.05) is 6.07 Å². The molecule has 2 aromatic rings. The molecule has 0 aliphatic carbocycles. The van der Waals surface area contributed by atoms with Crippen molar-refractivity contribution < 1.29 is 19.4 Å². The van der Waals surface area contributed by atoms with E-state index in [0.29, 0.717) is 16.7 Å². The van der Waals surface area contributed by atoms with Gasteiger partial charge in [0.2, 0.25) is 0 Å². The minimum atomic E-state index is -1.48. The van der Waals surface area contributed by atoms with Crippen molar-refractivity contribution in [3.63, 3.8) is 0 Å². The summed E-state index contributed by atoms with van der Waals surface area (Å²) in [4.78, 5) is 24.9. The molecule has 0 saturated heterocycles. The van der Waals surface area contributed by atoms with Gasteiger partial charge in [0.05, 0.1) is 18.1 Å². The van der Waals surface area contributed by atoms with Crippen LogP contribution in [0, 0.1) is 0 Å². The molecule has 0 amide bonds. The summed E-state index contributed by atoms with van der Waals surface area (Å²) in [6.45, 7) is 0. The van der Waals surface area contributed by atoms with Crippen molar-refractivity contribution in [1.29, 1.82) is 0 Å². The Hall–Kier alpha value is -2.30. The molecule has 0 fully saturated rings. The summed E-state index contributed by atoms with van der Waals surface area (Å²) in [7, 11) is 1.47. The first kappa shape index (κ1) is 10.2. The zero-order valence-electron chi connectivity index (χ0n) is 8.48. The fourth-order valence-electron chi connectivity index (χ4n) is 1.62. The first-order chi connectivity index (χ1) is 7.65. The van der Waals surface area contributed by atoms with Gasteiger partial charge in [0, 0.05) is 11.7 Å². The molecule has 1 heterocycles. The maximum Gasteiger partial charge on any atom is 0.377 e. The molecule has 0 spiro atoms. The van der Waals surface area contributed by atoms with Crippen molar-refractivity contribution in [2.45, 2.75) is 0 Å². The van der Waals surface area contributed by atoms with Gasteiger partial charge in [0.25, 0.3) is 5.78 Å².